The van der Waals surface area contributed by atoms with Crippen molar-refractivity contribution >= 4 is 11.8 Å². The summed E-state index contributed by atoms with van der Waals surface area (Å²) in [4.78, 5) is 26.0. The Labute approximate surface area is 119 Å². The van der Waals surface area contributed by atoms with Crippen LogP contribution in [-0.4, -0.2) is 45.6 Å². The highest BCUT2D eigenvalue weighted by atomic mass is 16.2. The molecule has 2 atom stereocenters. The molecule has 20 heavy (non-hydrogen) atoms. The molecule has 1 aromatic rings. The summed E-state index contributed by atoms with van der Waals surface area (Å²) in [5.41, 5.74) is 0. The SMILES string of the molecule is CCC(C)C1NC(=O)CCN(CCn2cccn2)C1=O. The second-order valence-electron chi connectivity index (χ2n) is 5.28. The Balaban J connectivity index is 2.03. The maximum absolute atomic E-state index is 12.5. The highest BCUT2D eigenvalue weighted by Crippen LogP contribution is 2.14. The van der Waals surface area contributed by atoms with Crippen molar-refractivity contribution in [3.63, 3.8) is 0 Å². The van der Waals surface area contributed by atoms with Gasteiger partial charge in [-0.3, -0.25) is 14.3 Å². The Bertz CT molecular complexity index is 458. The van der Waals surface area contributed by atoms with Crippen LogP contribution in [0.5, 0.6) is 0 Å². The summed E-state index contributed by atoms with van der Waals surface area (Å²) in [7, 11) is 0. The third-order valence-corrected chi connectivity index (χ3v) is 3.87. The lowest BCUT2D eigenvalue weighted by atomic mass is 9.98. The van der Waals surface area contributed by atoms with Crippen LogP contribution in [-0.2, 0) is 16.1 Å². The topological polar surface area (TPSA) is 67.2 Å². The summed E-state index contributed by atoms with van der Waals surface area (Å²) >= 11 is 0. The number of carbonyl (C=O) groups excluding carboxylic acids is 2. The van der Waals surface area contributed by atoms with E-state index in [2.05, 4.69) is 10.4 Å². The molecular formula is C14H22N4O2. The van der Waals surface area contributed by atoms with Crippen molar-refractivity contribution in [2.75, 3.05) is 13.1 Å². The van der Waals surface area contributed by atoms with Gasteiger partial charge in [-0.2, -0.15) is 5.10 Å². The zero-order valence-electron chi connectivity index (χ0n) is 12.1. The smallest absolute Gasteiger partial charge is 0.245 e. The van der Waals surface area contributed by atoms with Crippen molar-refractivity contribution in [3.05, 3.63) is 18.5 Å². The van der Waals surface area contributed by atoms with E-state index in [0.717, 1.165) is 6.42 Å². The largest absolute Gasteiger partial charge is 0.344 e. The van der Waals surface area contributed by atoms with Gasteiger partial charge in [0.25, 0.3) is 0 Å². The predicted octanol–water partition coefficient (Wildman–Crippen LogP) is 0.646. The van der Waals surface area contributed by atoms with Gasteiger partial charge in [-0.1, -0.05) is 20.3 Å². The molecule has 2 rings (SSSR count). The number of aromatic nitrogens is 2. The van der Waals surface area contributed by atoms with Crippen molar-refractivity contribution in [2.45, 2.75) is 39.3 Å². The molecule has 0 bridgehead atoms. The lowest BCUT2D eigenvalue weighted by Crippen LogP contribution is -2.48. The van der Waals surface area contributed by atoms with Crippen molar-refractivity contribution in [1.82, 2.24) is 20.0 Å². The number of rotatable bonds is 5. The van der Waals surface area contributed by atoms with Crippen LogP contribution in [0.4, 0.5) is 0 Å². The Morgan fingerprint density at radius 2 is 2.25 bits per heavy atom. The fourth-order valence-electron chi connectivity index (χ4n) is 2.35. The van der Waals surface area contributed by atoms with Crippen LogP contribution in [0.25, 0.3) is 0 Å². The molecule has 2 amide bonds. The first-order chi connectivity index (χ1) is 9.61. The van der Waals surface area contributed by atoms with E-state index in [1.165, 1.54) is 0 Å². The van der Waals surface area contributed by atoms with Gasteiger partial charge in [0.15, 0.2) is 0 Å². The van der Waals surface area contributed by atoms with E-state index in [0.29, 0.717) is 26.1 Å². The molecule has 0 radical (unpaired) electrons. The highest BCUT2D eigenvalue weighted by molar-refractivity contribution is 5.90. The van der Waals surface area contributed by atoms with Crippen molar-refractivity contribution in [1.29, 1.82) is 0 Å². The summed E-state index contributed by atoms with van der Waals surface area (Å²) < 4.78 is 1.80. The molecule has 1 aliphatic heterocycles. The van der Waals surface area contributed by atoms with Crippen LogP contribution in [0.2, 0.25) is 0 Å². The molecule has 2 unspecified atom stereocenters. The molecule has 1 aromatic heterocycles. The highest BCUT2D eigenvalue weighted by Gasteiger charge is 2.32. The quantitative estimate of drug-likeness (QED) is 0.859. The molecule has 0 saturated carbocycles. The number of nitrogens with one attached hydrogen (secondary N) is 1. The van der Waals surface area contributed by atoms with Crippen molar-refractivity contribution in [3.8, 4) is 0 Å². The van der Waals surface area contributed by atoms with E-state index < -0.39 is 6.04 Å². The molecule has 0 aromatic carbocycles. The van der Waals surface area contributed by atoms with Gasteiger partial charge in [0.1, 0.15) is 6.04 Å². The third-order valence-electron chi connectivity index (χ3n) is 3.87. The minimum Gasteiger partial charge on any atom is -0.344 e. The van der Waals surface area contributed by atoms with Gasteiger partial charge in [-0.25, -0.2) is 0 Å². The Morgan fingerprint density at radius 3 is 2.90 bits per heavy atom. The third kappa shape index (κ3) is 3.37. The molecule has 6 heteroatoms. The summed E-state index contributed by atoms with van der Waals surface area (Å²) in [5, 5.41) is 6.98. The van der Waals surface area contributed by atoms with E-state index >= 15 is 0 Å². The zero-order chi connectivity index (χ0) is 14.5. The summed E-state index contributed by atoms with van der Waals surface area (Å²) in [6.07, 6.45) is 4.83. The van der Waals surface area contributed by atoms with Crippen LogP contribution < -0.4 is 5.32 Å². The van der Waals surface area contributed by atoms with E-state index in [4.69, 9.17) is 0 Å². The van der Waals surface area contributed by atoms with Crippen LogP contribution in [0, 0.1) is 5.92 Å². The number of hydrogen-bond donors (Lipinski definition) is 1. The van der Waals surface area contributed by atoms with Crippen LogP contribution in [0.15, 0.2) is 18.5 Å². The molecule has 2 heterocycles. The van der Waals surface area contributed by atoms with Crippen molar-refractivity contribution < 1.29 is 9.59 Å². The van der Waals surface area contributed by atoms with Gasteiger partial charge in [0.2, 0.25) is 11.8 Å². The average Bonchev–Trinajstić information content (AvgIpc) is 2.91. The Hall–Kier alpha value is -1.85. The van der Waals surface area contributed by atoms with Crippen molar-refractivity contribution in [2.24, 2.45) is 5.92 Å². The van der Waals surface area contributed by atoms with E-state index in [-0.39, 0.29) is 17.7 Å². The molecule has 110 valence electrons. The van der Waals surface area contributed by atoms with E-state index in [1.54, 1.807) is 15.8 Å². The van der Waals surface area contributed by atoms with Crippen LogP contribution in [0.1, 0.15) is 26.7 Å². The number of amides is 2. The van der Waals surface area contributed by atoms with Gasteiger partial charge in [-0.15, -0.1) is 0 Å². The Kier molecular flexibility index (Phi) is 4.76. The van der Waals surface area contributed by atoms with Gasteiger partial charge >= 0.3 is 0 Å². The summed E-state index contributed by atoms with van der Waals surface area (Å²) in [5.74, 6) is 0.138. The first-order valence-electron chi connectivity index (χ1n) is 7.17. The average molecular weight is 278 g/mol. The molecule has 1 saturated heterocycles. The minimum atomic E-state index is -0.396. The van der Waals surface area contributed by atoms with E-state index in [1.807, 2.05) is 26.1 Å². The number of carbonyl (C=O) groups is 2. The minimum absolute atomic E-state index is 0.0253. The van der Waals surface area contributed by atoms with Crippen LogP contribution >= 0.6 is 0 Å². The molecule has 0 aliphatic carbocycles. The predicted molar refractivity (Wildman–Crippen MR) is 74.8 cm³/mol. The van der Waals surface area contributed by atoms with E-state index in [9.17, 15) is 9.59 Å². The summed E-state index contributed by atoms with van der Waals surface area (Å²) in [6.45, 7) is 5.75. The fourth-order valence-corrected chi connectivity index (χ4v) is 2.35. The normalized spacial score (nSPS) is 21.5. The first-order valence-corrected chi connectivity index (χ1v) is 7.17. The monoisotopic (exact) mass is 278 g/mol. The second kappa shape index (κ2) is 6.54. The second-order valence-corrected chi connectivity index (χ2v) is 5.28. The Morgan fingerprint density at radius 1 is 1.45 bits per heavy atom. The van der Waals surface area contributed by atoms with Gasteiger partial charge in [-0.05, 0) is 12.0 Å². The standard InChI is InChI=1S/C14H22N4O2/c1-3-11(2)13-14(20)17(8-5-12(19)16-13)9-10-18-7-4-6-15-18/h4,6-7,11,13H,3,5,8-10H2,1-2H3,(H,16,19). The summed E-state index contributed by atoms with van der Waals surface area (Å²) in [6, 6.07) is 1.46. The molecule has 1 fully saturated rings. The maximum atomic E-state index is 12.5. The lowest BCUT2D eigenvalue weighted by molar-refractivity contribution is -0.135. The first kappa shape index (κ1) is 14.6. The van der Waals surface area contributed by atoms with Gasteiger partial charge in [0, 0.05) is 31.9 Å². The molecule has 0 spiro atoms. The number of nitrogens with zero attached hydrogens (tertiary/aromatic N) is 3. The fraction of sp³-hybridized carbons (Fsp3) is 0.643. The molecule has 6 nitrogen and oxygen atoms in total. The molecule has 1 N–H and O–H groups in total. The maximum Gasteiger partial charge on any atom is 0.245 e. The number of hydrogen-bond acceptors (Lipinski definition) is 3. The van der Waals surface area contributed by atoms with Crippen LogP contribution in [0.3, 0.4) is 0 Å². The molecular weight excluding hydrogens is 256 g/mol. The molecule has 1 aliphatic rings. The lowest BCUT2D eigenvalue weighted by Gasteiger charge is -2.27. The zero-order valence-corrected chi connectivity index (χ0v) is 12.1. The van der Waals surface area contributed by atoms with Gasteiger partial charge < -0.3 is 10.2 Å². The van der Waals surface area contributed by atoms with Gasteiger partial charge in [0.05, 0.1) is 6.54 Å².